The number of piperazine rings is 1. The van der Waals surface area contributed by atoms with Gasteiger partial charge in [0.1, 0.15) is 0 Å². The Morgan fingerprint density at radius 1 is 1.08 bits per heavy atom. The maximum atomic E-state index is 12.5. The van der Waals surface area contributed by atoms with Gasteiger partial charge in [0.25, 0.3) is 5.91 Å². The second kappa shape index (κ2) is 11.8. The fraction of sp³-hybridized carbons (Fsp3) is 0.520. The Morgan fingerprint density at radius 2 is 1.81 bits per heavy atom. The molecule has 1 unspecified atom stereocenters. The molecule has 1 aromatic heterocycles. The number of carbonyl (C=O) groups excluding carboxylic acids is 2. The molecule has 2 aliphatic rings. The van der Waals surface area contributed by atoms with Gasteiger partial charge >= 0.3 is 0 Å². The molecule has 37 heavy (non-hydrogen) atoms. The summed E-state index contributed by atoms with van der Waals surface area (Å²) in [5.41, 5.74) is 18.1. The fourth-order valence-electron chi connectivity index (χ4n) is 5.54. The molecule has 0 aliphatic carbocycles. The number of anilines is 2. The minimum atomic E-state index is -0.765. The third-order valence-electron chi connectivity index (χ3n) is 7.33. The monoisotopic (exact) mass is 548 g/mol. The summed E-state index contributed by atoms with van der Waals surface area (Å²) in [6.45, 7) is 5.71. The molecular weight excluding hydrogens is 515 g/mol. The van der Waals surface area contributed by atoms with Crippen LogP contribution in [-0.2, 0) is 11.3 Å². The molecule has 200 valence electrons. The number of nitrogens with two attached hydrogens (primary N) is 3. The topological polar surface area (TPSA) is 148 Å². The standard InChI is InChI=1S/C25H34Cl2N8O2/c1-2-3-18-14-34(25-21(27)31-20(24(30)37)22(28)32-25)10-11-35(18)17-8-9-33(19(12-17)23(29)36)13-15-4-6-16(26)7-5-15/h4-7,17-19H,2-3,8-14H2,1H3,(H2,28,32)(H2,29,36)(H2,30,37)/t17?,18-,19-/m0/s1. The third-order valence-corrected chi connectivity index (χ3v) is 7.83. The molecule has 10 nitrogen and oxygen atoms in total. The van der Waals surface area contributed by atoms with E-state index in [0.29, 0.717) is 36.9 Å². The Morgan fingerprint density at radius 3 is 2.46 bits per heavy atom. The molecule has 0 spiro atoms. The van der Waals surface area contributed by atoms with E-state index in [4.69, 9.17) is 40.4 Å². The van der Waals surface area contributed by atoms with E-state index in [2.05, 4.69) is 31.6 Å². The first-order valence-electron chi connectivity index (χ1n) is 12.6. The molecule has 2 fully saturated rings. The number of primary amides is 2. The number of hydrogen-bond donors (Lipinski definition) is 3. The first-order chi connectivity index (χ1) is 17.7. The molecule has 12 heteroatoms. The van der Waals surface area contributed by atoms with E-state index in [-0.39, 0.29) is 40.7 Å². The average Bonchev–Trinajstić information content (AvgIpc) is 2.87. The lowest BCUT2D eigenvalue weighted by Gasteiger charge is -2.49. The van der Waals surface area contributed by atoms with Gasteiger partial charge in [-0.05, 0) is 37.0 Å². The number of hydrogen-bond acceptors (Lipinski definition) is 8. The smallest absolute Gasteiger partial charge is 0.271 e. The van der Waals surface area contributed by atoms with Crippen LogP contribution in [0.2, 0.25) is 10.2 Å². The Hall–Kier alpha value is -2.66. The Balaban J connectivity index is 1.47. The third kappa shape index (κ3) is 6.26. The van der Waals surface area contributed by atoms with Crippen LogP contribution in [0.4, 0.5) is 11.6 Å². The molecule has 2 amide bonds. The second-order valence-electron chi connectivity index (χ2n) is 9.76. The molecule has 2 saturated heterocycles. The molecule has 0 saturated carbocycles. The zero-order chi connectivity index (χ0) is 26.7. The molecule has 2 aromatic rings. The van der Waals surface area contributed by atoms with Crippen molar-refractivity contribution in [2.24, 2.45) is 11.5 Å². The fourth-order valence-corrected chi connectivity index (χ4v) is 5.91. The number of nitrogen functional groups attached to an aromatic ring is 1. The van der Waals surface area contributed by atoms with E-state index in [0.717, 1.165) is 37.9 Å². The summed E-state index contributed by atoms with van der Waals surface area (Å²) in [6, 6.07) is 7.83. The molecule has 0 radical (unpaired) electrons. The van der Waals surface area contributed by atoms with E-state index >= 15 is 0 Å². The summed E-state index contributed by atoms with van der Waals surface area (Å²) in [7, 11) is 0. The van der Waals surface area contributed by atoms with Crippen molar-refractivity contribution in [2.45, 2.75) is 57.3 Å². The van der Waals surface area contributed by atoms with Gasteiger partial charge in [0.15, 0.2) is 22.5 Å². The van der Waals surface area contributed by atoms with Gasteiger partial charge in [0.2, 0.25) is 5.91 Å². The summed E-state index contributed by atoms with van der Waals surface area (Å²) < 4.78 is 0. The lowest BCUT2D eigenvalue weighted by Crippen LogP contribution is -2.61. The normalized spacial score (nSPS) is 23.2. The number of aromatic nitrogens is 2. The van der Waals surface area contributed by atoms with Crippen molar-refractivity contribution < 1.29 is 9.59 Å². The summed E-state index contributed by atoms with van der Waals surface area (Å²) in [6.07, 6.45) is 3.61. The van der Waals surface area contributed by atoms with Crippen LogP contribution in [0.1, 0.15) is 48.7 Å². The van der Waals surface area contributed by atoms with Crippen LogP contribution in [0.15, 0.2) is 24.3 Å². The van der Waals surface area contributed by atoms with E-state index in [1.165, 1.54) is 0 Å². The largest absolute Gasteiger partial charge is 0.382 e. The van der Waals surface area contributed by atoms with Crippen molar-refractivity contribution in [3.8, 4) is 0 Å². The van der Waals surface area contributed by atoms with Crippen molar-refractivity contribution in [1.82, 2.24) is 19.8 Å². The molecule has 1 aromatic carbocycles. The molecule has 4 rings (SSSR count). The highest BCUT2D eigenvalue weighted by Crippen LogP contribution is 2.31. The molecular formula is C25H34Cl2N8O2. The van der Waals surface area contributed by atoms with Gasteiger partial charge in [-0.3, -0.25) is 19.4 Å². The summed E-state index contributed by atoms with van der Waals surface area (Å²) in [5.74, 6) is -0.633. The van der Waals surface area contributed by atoms with Crippen LogP contribution >= 0.6 is 23.2 Å². The number of amides is 2. The zero-order valence-electron chi connectivity index (χ0n) is 20.9. The highest BCUT2D eigenvalue weighted by atomic mass is 35.5. The number of halogens is 2. The minimum Gasteiger partial charge on any atom is -0.382 e. The van der Waals surface area contributed by atoms with E-state index < -0.39 is 5.91 Å². The van der Waals surface area contributed by atoms with Crippen LogP contribution in [0.25, 0.3) is 0 Å². The van der Waals surface area contributed by atoms with Crippen molar-refractivity contribution in [1.29, 1.82) is 0 Å². The average molecular weight is 550 g/mol. The van der Waals surface area contributed by atoms with Gasteiger partial charge in [0, 0.05) is 49.8 Å². The van der Waals surface area contributed by atoms with Crippen LogP contribution in [-0.4, -0.2) is 75.9 Å². The number of piperidine rings is 1. The minimum absolute atomic E-state index is 0.0290. The lowest BCUT2D eigenvalue weighted by molar-refractivity contribution is -0.126. The van der Waals surface area contributed by atoms with E-state index in [9.17, 15) is 9.59 Å². The highest BCUT2D eigenvalue weighted by Gasteiger charge is 2.39. The number of benzene rings is 1. The highest BCUT2D eigenvalue weighted by molar-refractivity contribution is 6.32. The van der Waals surface area contributed by atoms with E-state index in [1.807, 2.05) is 24.3 Å². The van der Waals surface area contributed by atoms with E-state index in [1.54, 1.807) is 0 Å². The molecule has 0 bridgehead atoms. The predicted molar refractivity (Wildman–Crippen MR) is 145 cm³/mol. The van der Waals surface area contributed by atoms with Gasteiger partial charge in [0.05, 0.1) is 6.04 Å². The summed E-state index contributed by atoms with van der Waals surface area (Å²) >= 11 is 12.4. The number of rotatable bonds is 8. The van der Waals surface area contributed by atoms with Crippen LogP contribution in [0.3, 0.4) is 0 Å². The Labute approximate surface area is 227 Å². The lowest BCUT2D eigenvalue weighted by atomic mass is 9.92. The van der Waals surface area contributed by atoms with Crippen molar-refractivity contribution in [2.75, 3.05) is 36.8 Å². The molecule has 6 N–H and O–H groups in total. The van der Waals surface area contributed by atoms with Crippen molar-refractivity contribution in [3.63, 3.8) is 0 Å². The number of nitrogens with zero attached hydrogens (tertiary/aromatic N) is 5. The zero-order valence-corrected chi connectivity index (χ0v) is 22.5. The van der Waals surface area contributed by atoms with Crippen molar-refractivity contribution >= 4 is 46.7 Å². The summed E-state index contributed by atoms with van der Waals surface area (Å²) in [5, 5.41) is 0.796. The number of likely N-dealkylation sites (tertiary alicyclic amines) is 1. The SMILES string of the molecule is CCC[C@H]1CN(c2nc(N)c(C(N)=O)nc2Cl)CCN1C1CCN(Cc2ccc(Cl)cc2)[C@H](C(N)=O)C1. The molecule has 3 atom stereocenters. The number of carbonyl (C=O) groups is 2. The predicted octanol–water partition coefficient (Wildman–Crippen LogP) is 2.27. The maximum Gasteiger partial charge on any atom is 0.271 e. The van der Waals surface area contributed by atoms with Crippen LogP contribution in [0.5, 0.6) is 0 Å². The Bertz CT molecular complexity index is 1130. The van der Waals surface area contributed by atoms with Gasteiger partial charge in [-0.2, -0.15) is 0 Å². The van der Waals surface area contributed by atoms with Gasteiger partial charge in [-0.1, -0.05) is 48.7 Å². The van der Waals surface area contributed by atoms with Gasteiger partial charge < -0.3 is 22.1 Å². The molecule has 3 heterocycles. The van der Waals surface area contributed by atoms with Crippen LogP contribution < -0.4 is 22.1 Å². The quantitative estimate of drug-likeness (QED) is 0.454. The van der Waals surface area contributed by atoms with Crippen molar-refractivity contribution in [3.05, 3.63) is 45.7 Å². The first kappa shape index (κ1) is 27.4. The molecule has 2 aliphatic heterocycles. The first-order valence-corrected chi connectivity index (χ1v) is 13.3. The second-order valence-corrected chi connectivity index (χ2v) is 10.6. The van der Waals surface area contributed by atoms with Gasteiger partial charge in [-0.25, -0.2) is 9.97 Å². The van der Waals surface area contributed by atoms with Crippen LogP contribution in [0, 0.1) is 0 Å². The van der Waals surface area contributed by atoms with Gasteiger partial charge in [-0.15, -0.1) is 0 Å². The Kier molecular flexibility index (Phi) is 8.74. The summed E-state index contributed by atoms with van der Waals surface area (Å²) in [4.78, 5) is 39.2. The maximum absolute atomic E-state index is 12.5.